The maximum absolute atomic E-state index is 13.7. The third kappa shape index (κ3) is 8.11. The highest BCUT2D eigenvalue weighted by Gasteiger charge is 2.38. The molecule has 2 unspecified atom stereocenters. The Hall–Kier alpha value is -3.03. The molecule has 0 aliphatic heterocycles. The lowest BCUT2D eigenvalue weighted by Crippen LogP contribution is -2.55. The Labute approximate surface area is 197 Å². The quantitative estimate of drug-likeness (QED) is 0.485. The fraction of sp³-hybridized carbons (Fsp3) is 0.560. The monoisotopic (exact) mass is 461 g/mol. The smallest absolute Gasteiger partial charge is 0.408 e. The molecule has 0 aliphatic rings. The van der Waals surface area contributed by atoms with Crippen molar-refractivity contribution in [3.05, 3.63) is 42.0 Å². The summed E-state index contributed by atoms with van der Waals surface area (Å²) in [7, 11) is 0. The molecule has 1 aromatic carbocycles. The largest absolute Gasteiger partial charge is 0.507 e. The van der Waals surface area contributed by atoms with Gasteiger partial charge in [0.15, 0.2) is 0 Å². The van der Waals surface area contributed by atoms with Gasteiger partial charge in [0, 0.05) is 18.2 Å². The Morgan fingerprint density at radius 2 is 1.76 bits per heavy atom. The van der Waals surface area contributed by atoms with Crippen LogP contribution in [-0.2, 0) is 14.3 Å². The van der Waals surface area contributed by atoms with Crippen LogP contribution in [0.2, 0.25) is 0 Å². The van der Waals surface area contributed by atoms with Crippen molar-refractivity contribution < 1.29 is 24.2 Å². The number of aromatic hydroxyl groups is 1. The number of ether oxygens (including phenoxy) is 1. The number of benzene rings is 1. The van der Waals surface area contributed by atoms with Gasteiger partial charge in [-0.25, -0.2) is 4.79 Å². The maximum atomic E-state index is 13.7. The van der Waals surface area contributed by atoms with Crippen molar-refractivity contribution in [3.8, 4) is 5.75 Å². The zero-order valence-electron chi connectivity index (χ0n) is 21.1. The van der Waals surface area contributed by atoms with E-state index in [2.05, 4.69) is 17.2 Å². The first-order valence-corrected chi connectivity index (χ1v) is 11.2. The first kappa shape index (κ1) is 28.0. The molecule has 2 atom stereocenters. The second-order valence-corrected chi connectivity index (χ2v) is 9.73. The Kier molecular flexibility index (Phi) is 9.95. The van der Waals surface area contributed by atoms with E-state index in [-0.39, 0.29) is 24.3 Å². The molecular formula is C25H39N3O5. The van der Waals surface area contributed by atoms with Crippen LogP contribution < -0.4 is 10.6 Å². The second kappa shape index (κ2) is 11.7. The number of aryl methyl sites for hydroxylation is 1. The number of rotatable bonds is 9. The molecule has 8 nitrogen and oxygen atoms in total. The summed E-state index contributed by atoms with van der Waals surface area (Å²) in [6.45, 7) is 17.9. The molecule has 0 saturated heterocycles. The van der Waals surface area contributed by atoms with E-state index in [0.29, 0.717) is 11.1 Å². The van der Waals surface area contributed by atoms with Gasteiger partial charge in [-0.15, -0.1) is 6.58 Å². The van der Waals surface area contributed by atoms with Crippen LogP contribution in [0.15, 0.2) is 30.9 Å². The fourth-order valence-electron chi connectivity index (χ4n) is 3.30. The van der Waals surface area contributed by atoms with Crippen LogP contribution in [0, 0.1) is 12.8 Å². The lowest BCUT2D eigenvalue weighted by atomic mass is 9.97. The van der Waals surface area contributed by atoms with Crippen molar-refractivity contribution in [2.75, 3.05) is 6.54 Å². The highest BCUT2D eigenvalue weighted by molar-refractivity contribution is 5.93. The molecule has 0 aliphatic carbocycles. The zero-order chi connectivity index (χ0) is 25.5. The number of nitrogens with one attached hydrogen (secondary N) is 2. The van der Waals surface area contributed by atoms with Crippen LogP contribution in [0.5, 0.6) is 5.75 Å². The van der Waals surface area contributed by atoms with Crippen LogP contribution in [0.3, 0.4) is 0 Å². The van der Waals surface area contributed by atoms with Crippen molar-refractivity contribution in [1.29, 1.82) is 0 Å². The Bertz CT molecular complexity index is 858. The van der Waals surface area contributed by atoms with E-state index in [0.717, 1.165) is 0 Å². The number of para-hydroxylation sites is 1. The van der Waals surface area contributed by atoms with Crippen LogP contribution in [0.1, 0.15) is 65.6 Å². The molecule has 1 rings (SSSR count). The molecule has 1 aromatic rings. The fourth-order valence-corrected chi connectivity index (χ4v) is 3.30. The first-order chi connectivity index (χ1) is 15.2. The number of nitrogens with zero attached hydrogens (tertiary/aromatic N) is 1. The van der Waals surface area contributed by atoms with Gasteiger partial charge in [0.2, 0.25) is 11.8 Å². The normalized spacial score (nSPS) is 13.3. The first-order valence-electron chi connectivity index (χ1n) is 11.2. The molecule has 0 fully saturated rings. The molecule has 3 amide bonds. The number of phenols is 1. The molecule has 33 heavy (non-hydrogen) atoms. The predicted molar refractivity (Wildman–Crippen MR) is 129 cm³/mol. The molecule has 0 spiro atoms. The molecule has 184 valence electrons. The van der Waals surface area contributed by atoms with E-state index >= 15 is 0 Å². The van der Waals surface area contributed by atoms with E-state index in [1.165, 1.54) is 11.0 Å². The van der Waals surface area contributed by atoms with Gasteiger partial charge < -0.3 is 25.4 Å². The van der Waals surface area contributed by atoms with E-state index in [9.17, 15) is 19.5 Å². The second-order valence-electron chi connectivity index (χ2n) is 9.73. The lowest BCUT2D eigenvalue weighted by molar-refractivity contribution is -0.142. The molecular weight excluding hydrogens is 422 g/mol. The SMILES string of the molecule is C=CCN(C(=O)C(NC(=O)OC(C)(C)C)C(C)C)C(C(=O)NC(C)C)c1cccc(C)c1O. The van der Waals surface area contributed by atoms with E-state index in [1.807, 2.05) is 13.8 Å². The number of carbonyl (C=O) groups is 3. The highest BCUT2D eigenvalue weighted by atomic mass is 16.6. The summed E-state index contributed by atoms with van der Waals surface area (Å²) in [4.78, 5) is 40.8. The van der Waals surface area contributed by atoms with Gasteiger partial charge in [-0.1, -0.05) is 38.1 Å². The minimum atomic E-state index is -1.13. The van der Waals surface area contributed by atoms with E-state index < -0.39 is 35.6 Å². The van der Waals surface area contributed by atoms with Crippen molar-refractivity contribution in [1.82, 2.24) is 15.5 Å². The summed E-state index contributed by atoms with van der Waals surface area (Å²) in [6, 6.07) is 2.78. The number of amides is 3. The van der Waals surface area contributed by atoms with Crippen LogP contribution in [0.25, 0.3) is 0 Å². The third-order valence-electron chi connectivity index (χ3n) is 4.77. The standard InChI is InChI=1S/C25H39N3O5/c1-10-14-28(23(31)19(15(2)3)27-24(32)33-25(7,8)9)20(22(30)26-16(4)5)18-13-11-12-17(6)21(18)29/h10-13,15-16,19-20,29H,1,14H2,2-9H3,(H,26,30)(H,27,32). The van der Waals surface area contributed by atoms with Crippen molar-refractivity contribution in [3.63, 3.8) is 0 Å². The molecule has 3 N–H and O–H groups in total. The van der Waals surface area contributed by atoms with Gasteiger partial charge in [-0.05, 0) is 53.0 Å². The van der Waals surface area contributed by atoms with Gasteiger partial charge in [-0.2, -0.15) is 0 Å². The topological polar surface area (TPSA) is 108 Å². The number of hydrogen-bond acceptors (Lipinski definition) is 5. The van der Waals surface area contributed by atoms with E-state index in [1.54, 1.807) is 59.7 Å². The Morgan fingerprint density at radius 3 is 2.24 bits per heavy atom. The van der Waals surface area contributed by atoms with Crippen molar-refractivity contribution in [2.24, 2.45) is 5.92 Å². The van der Waals surface area contributed by atoms with E-state index in [4.69, 9.17) is 4.74 Å². The molecule has 0 radical (unpaired) electrons. The van der Waals surface area contributed by atoms with Gasteiger partial charge in [0.05, 0.1) is 0 Å². The number of phenolic OH excluding ortho intramolecular Hbond substituents is 1. The molecule has 0 aromatic heterocycles. The van der Waals surface area contributed by atoms with Gasteiger partial charge in [0.1, 0.15) is 23.4 Å². The van der Waals surface area contributed by atoms with Gasteiger partial charge in [-0.3, -0.25) is 9.59 Å². The summed E-state index contributed by atoms with van der Waals surface area (Å²) in [5.41, 5.74) is 0.138. The molecule has 0 bridgehead atoms. The summed E-state index contributed by atoms with van der Waals surface area (Å²) in [6.07, 6.45) is 0.778. The number of alkyl carbamates (subject to hydrolysis) is 1. The van der Waals surface area contributed by atoms with Crippen LogP contribution >= 0.6 is 0 Å². The number of hydrogen-bond donors (Lipinski definition) is 3. The lowest BCUT2D eigenvalue weighted by Gasteiger charge is -2.35. The van der Waals surface area contributed by atoms with Gasteiger partial charge >= 0.3 is 6.09 Å². The van der Waals surface area contributed by atoms with Gasteiger partial charge in [0.25, 0.3) is 0 Å². The summed E-state index contributed by atoms with van der Waals surface area (Å²) < 4.78 is 5.33. The Balaban J connectivity index is 3.49. The predicted octanol–water partition coefficient (Wildman–Crippen LogP) is 3.83. The minimum absolute atomic E-state index is 0.0294. The Morgan fingerprint density at radius 1 is 1.15 bits per heavy atom. The zero-order valence-corrected chi connectivity index (χ0v) is 21.1. The molecule has 8 heteroatoms. The summed E-state index contributed by atoms with van der Waals surface area (Å²) in [5, 5.41) is 16.2. The molecule has 0 heterocycles. The number of carbonyl (C=O) groups excluding carboxylic acids is 3. The van der Waals surface area contributed by atoms with Crippen molar-refractivity contribution in [2.45, 2.75) is 79.1 Å². The van der Waals surface area contributed by atoms with Crippen molar-refractivity contribution >= 4 is 17.9 Å². The minimum Gasteiger partial charge on any atom is -0.507 e. The maximum Gasteiger partial charge on any atom is 0.408 e. The average Bonchev–Trinajstić information content (AvgIpc) is 2.66. The summed E-state index contributed by atoms with van der Waals surface area (Å²) >= 11 is 0. The highest BCUT2D eigenvalue weighted by Crippen LogP contribution is 2.32. The average molecular weight is 462 g/mol. The summed E-state index contributed by atoms with van der Waals surface area (Å²) in [5.74, 6) is -1.29. The van der Waals surface area contributed by atoms with Crippen LogP contribution in [-0.4, -0.2) is 52.1 Å². The third-order valence-corrected chi connectivity index (χ3v) is 4.77. The van der Waals surface area contributed by atoms with Crippen LogP contribution in [0.4, 0.5) is 4.79 Å². The molecule has 0 saturated carbocycles.